The van der Waals surface area contributed by atoms with E-state index in [9.17, 15) is 4.79 Å². The molecule has 0 saturated carbocycles. The lowest BCUT2D eigenvalue weighted by atomic mass is 9.98. The number of carbonyl (C=O) groups is 1. The lowest BCUT2D eigenvalue weighted by molar-refractivity contribution is -0.124. The highest BCUT2D eigenvalue weighted by molar-refractivity contribution is 7.11. The summed E-state index contributed by atoms with van der Waals surface area (Å²) in [6, 6.07) is -0.214. The van der Waals surface area contributed by atoms with Crippen LogP contribution in [0.5, 0.6) is 0 Å². The maximum absolute atomic E-state index is 12.0. The van der Waals surface area contributed by atoms with Gasteiger partial charge in [0.05, 0.1) is 11.0 Å². The molecule has 20 heavy (non-hydrogen) atoms. The molecule has 1 atom stereocenters. The highest BCUT2D eigenvalue weighted by Crippen LogP contribution is 2.26. The number of nitrogens with one attached hydrogen (secondary N) is 2. The second kappa shape index (κ2) is 6.22. The summed E-state index contributed by atoms with van der Waals surface area (Å²) in [7, 11) is 0. The van der Waals surface area contributed by atoms with Crippen molar-refractivity contribution in [3.05, 3.63) is 16.1 Å². The van der Waals surface area contributed by atoms with Crippen LogP contribution in [0.3, 0.4) is 0 Å². The molecule has 114 valence electrons. The third-order valence-corrected chi connectivity index (χ3v) is 4.09. The van der Waals surface area contributed by atoms with E-state index in [2.05, 4.69) is 36.4 Å². The number of hydrogen-bond acceptors (Lipinski definition) is 4. The van der Waals surface area contributed by atoms with Crippen LogP contribution in [-0.2, 0) is 16.8 Å². The van der Waals surface area contributed by atoms with Crippen molar-refractivity contribution in [1.29, 1.82) is 0 Å². The molecule has 0 aromatic carbocycles. The molecule has 0 aliphatic heterocycles. The summed E-state index contributed by atoms with van der Waals surface area (Å²) in [6.45, 7) is 15.0. The first-order chi connectivity index (χ1) is 8.99. The van der Waals surface area contributed by atoms with Gasteiger partial charge in [-0.1, -0.05) is 20.8 Å². The maximum Gasteiger partial charge on any atom is 0.237 e. The Hall–Kier alpha value is -0.940. The molecule has 1 aromatic heterocycles. The van der Waals surface area contributed by atoms with Crippen molar-refractivity contribution < 1.29 is 4.79 Å². The molecule has 0 aliphatic carbocycles. The fourth-order valence-corrected chi connectivity index (χ4v) is 2.48. The average molecular weight is 297 g/mol. The third-order valence-electron chi connectivity index (χ3n) is 2.67. The van der Waals surface area contributed by atoms with Gasteiger partial charge in [0.2, 0.25) is 5.91 Å². The predicted octanol–water partition coefficient (Wildman–Crippen LogP) is 2.83. The SMILES string of the molecule is CC(NCc1cnc(C(C)(C)C)s1)C(=O)NC(C)(C)C. The molecule has 4 nitrogen and oxygen atoms in total. The van der Waals surface area contributed by atoms with E-state index in [1.165, 1.54) is 0 Å². The Morgan fingerprint density at radius 1 is 1.30 bits per heavy atom. The van der Waals surface area contributed by atoms with Crippen molar-refractivity contribution >= 4 is 17.2 Å². The fraction of sp³-hybridized carbons (Fsp3) is 0.733. The zero-order chi connectivity index (χ0) is 15.6. The highest BCUT2D eigenvalue weighted by Gasteiger charge is 2.20. The zero-order valence-corrected chi connectivity index (χ0v) is 14.4. The molecule has 0 spiro atoms. The Kier molecular flexibility index (Phi) is 5.33. The van der Waals surface area contributed by atoms with Crippen LogP contribution in [0, 0.1) is 0 Å². The van der Waals surface area contributed by atoms with Gasteiger partial charge in [0.25, 0.3) is 0 Å². The summed E-state index contributed by atoms with van der Waals surface area (Å²) in [5, 5.41) is 7.34. The number of amides is 1. The molecule has 5 heteroatoms. The second-order valence-corrected chi connectivity index (χ2v) is 8.34. The Bertz CT molecular complexity index is 454. The molecule has 1 aromatic rings. The Morgan fingerprint density at radius 3 is 2.35 bits per heavy atom. The second-order valence-electron chi connectivity index (χ2n) is 7.22. The van der Waals surface area contributed by atoms with Crippen molar-refractivity contribution in [3.8, 4) is 0 Å². The summed E-state index contributed by atoms with van der Waals surface area (Å²) < 4.78 is 0. The van der Waals surface area contributed by atoms with Crippen LogP contribution in [0.2, 0.25) is 0 Å². The Balaban J connectivity index is 2.51. The smallest absolute Gasteiger partial charge is 0.237 e. The van der Waals surface area contributed by atoms with Crippen LogP contribution in [0.1, 0.15) is 58.4 Å². The van der Waals surface area contributed by atoms with Crippen LogP contribution in [0.25, 0.3) is 0 Å². The molecule has 0 radical (unpaired) electrons. The van der Waals surface area contributed by atoms with Gasteiger partial charge in [0.1, 0.15) is 0 Å². The third kappa shape index (κ3) is 5.59. The van der Waals surface area contributed by atoms with E-state index in [1.807, 2.05) is 33.9 Å². The topological polar surface area (TPSA) is 54.0 Å². The van der Waals surface area contributed by atoms with E-state index in [0.717, 1.165) is 9.88 Å². The number of nitrogens with zero attached hydrogens (tertiary/aromatic N) is 1. The molecular weight excluding hydrogens is 270 g/mol. The van der Waals surface area contributed by atoms with E-state index in [0.29, 0.717) is 6.54 Å². The van der Waals surface area contributed by atoms with E-state index in [4.69, 9.17) is 0 Å². The number of thiazole rings is 1. The van der Waals surface area contributed by atoms with Crippen LogP contribution in [0.4, 0.5) is 0 Å². The van der Waals surface area contributed by atoms with Crippen molar-refractivity contribution in [2.24, 2.45) is 0 Å². The molecule has 1 amide bonds. The van der Waals surface area contributed by atoms with Gasteiger partial charge in [-0.25, -0.2) is 4.98 Å². The molecule has 2 N–H and O–H groups in total. The fourth-order valence-electron chi connectivity index (χ4n) is 1.56. The first kappa shape index (κ1) is 17.1. The van der Waals surface area contributed by atoms with E-state index >= 15 is 0 Å². The molecule has 0 fully saturated rings. The van der Waals surface area contributed by atoms with Gasteiger partial charge in [0.15, 0.2) is 0 Å². The number of hydrogen-bond donors (Lipinski definition) is 2. The predicted molar refractivity (Wildman–Crippen MR) is 85.0 cm³/mol. The first-order valence-electron chi connectivity index (χ1n) is 6.99. The number of aromatic nitrogens is 1. The summed E-state index contributed by atoms with van der Waals surface area (Å²) in [6.07, 6.45) is 1.90. The van der Waals surface area contributed by atoms with Crippen molar-refractivity contribution in [1.82, 2.24) is 15.6 Å². The van der Waals surface area contributed by atoms with Gasteiger partial charge >= 0.3 is 0 Å². The van der Waals surface area contributed by atoms with Crippen LogP contribution in [-0.4, -0.2) is 22.5 Å². The first-order valence-corrected chi connectivity index (χ1v) is 7.81. The maximum atomic E-state index is 12.0. The lowest BCUT2D eigenvalue weighted by Gasteiger charge is -2.23. The quantitative estimate of drug-likeness (QED) is 0.898. The normalized spacial score (nSPS) is 14.2. The van der Waals surface area contributed by atoms with Gasteiger partial charge in [-0.15, -0.1) is 11.3 Å². The van der Waals surface area contributed by atoms with Gasteiger partial charge < -0.3 is 10.6 Å². The minimum absolute atomic E-state index is 0.0260. The van der Waals surface area contributed by atoms with E-state index < -0.39 is 0 Å². The molecule has 0 aliphatic rings. The summed E-state index contributed by atoms with van der Waals surface area (Å²) in [5.74, 6) is 0.0260. The monoisotopic (exact) mass is 297 g/mol. The van der Waals surface area contributed by atoms with Crippen molar-refractivity contribution in [2.75, 3.05) is 0 Å². The largest absolute Gasteiger partial charge is 0.350 e. The van der Waals surface area contributed by atoms with Crippen molar-refractivity contribution in [2.45, 2.75) is 72.0 Å². The molecule has 1 unspecified atom stereocenters. The summed E-state index contributed by atoms with van der Waals surface area (Å²) in [5.41, 5.74) is -0.116. The van der Waals surface area contributed by atoms with Crippen LogP contribution < -0.4 is 10.6 Å². The Labute approximate surface area is 126 Å². The Morgan fingerprint density at radius 2 is 1.90 bits per heavy atom. The molecule has 0 saturated heterocycles. The highest BCUT2D eigenvalue weighted by atomic mass is 32.1. The number of carbonyl (C=O) groups excluding carboxylic acids is 1. The van der Waals surface area contributed by atoms with Gasteiger partial charge in [-0.3, -0.25) is 4.79 Å². The standard InChI is InChI=1S/C15H27N3OS/c1-10(12(19)18-15(5,6)7)16-8-11-9-17-13(20-11)14(2,3)4/h9-10,16H,8H2,1-7H3,(H,18,19). The van der Waals surface area contributed by atoms with Gasteiger partial charge in [-0.2, -0.15) is 0 Å². The minimum Gasteiger partial charge on any atom is -0.350 e. The molecule has 0 bridgehead atoms. The zero-order valence-electron chi connectivity index (χ0n) is 13.6. The van der Waals surface area contributed by atoms with Gasteiger partial charge in [0, 0.05) is 28.6 Å². The van der Waals surface area contributed by atoms with E-state index in [1.54, 1.807) is 11.3 Å². The molecule has 1 heterocycles. The molecular formula is C15H27N3OS. The number of rotatable bonds is 4. The molecule has 1 rings (SSSR count). The van der Waals surface area contributed by atoms with Gasteiger partial charge in [-0.05, 0) is 27.7 Å². The van der Waals surface area contributed by atoms with Crippen LogP contribution in [0.15, 0.2) is 6.20 Å². The van der Waals surface area contributed by atoms with Crippen molar-refractivity contribution in [3.63, 3.8) is 0 Å². The minimum atomic E-state index is -0.214. The van der Waals surface area contributed by atoms with Crippen LogP contribution >= 0.6 is 11.3 Å². The van der Waals surface area contributed by atoms with E-state index in [-0.39, 0.29) is 22.9 Å². The summed E-state index contributed by atoms with van der Waals surface area (Å²) >= 11 is 1.70. The lowest BCUT2D eigenvalue weighted by Crippen LogP contribution is -2.49. The summed E-state index contributed by atoms with van der Waals surface area (Å²) in [4.78, 5) is 17.6. The average Bonchev–Trinajstić information content (AvgIpc) is 2.71.